The normalized spacial score (nSPS) is 18.8. The van der Waals surface area contributed by atoms with Crippen LogP contribution in [-0.2, 0) is 4.79 Å². The highest BCUT2D eigenvalue weighted by atomic mass is 127. The molecule has 0 bridgehead atoms. The molecule has 1 saturated carbocycles. The molecule has 2 N–H and O–H groups in total. The molecule has 1 amide bonds. The molecule has 0 aromatic heterocycles. The summed E-state index contributed by atoms with van der Waals surface area (Å²) < 4.78 is 16.4. The summed E-state index contributed by atoms with van der Waals surface area (Å²) in [6.07, 6.45) is 6.27. The van der Waals surface area contributed by atoms with E-state index in [1.165, 1.54) is 12.8 Å². The lowest BCUT2D eigenvalue weighted by atomic mass is 10.1. The number of nitrogens with one attached hydrogen (secondary N) is 2. The van der Waals surface area contributed by atoms with E-state index in [4.69, 9.17) is 14.2 Å². The Balaban J connectivity index is 0.00000363. The lowest BCUT2D eigenvalue weighted by Crippen LogP contribution is -2.45. The molecule has 0 radical (unpaired) electrons. The van der Waals surface area contributed by atoms with Gasteiger partial charge in [-0.2, -0.15) is 0 Å². The van der Waals surface area contributed by atoms with Gasteiger partial charge in [-0.3, -0.25) is 9.79 Å². The average Bonchev–Trinajstić information content (AvgIpc) is 3.49. The molecule has 1 aliphatic heterocycles. The van der Waals surface area contributed by atoms with Crippen LogP contribution in [-0.4, -0.2) is 70.3 Å². The zero-order chi connectivity index (χ0) is 22.1. The van der Waals surface area contributed by atoms with Gasteiger partial charge >= 0.3 is 0 Å². The van der Waals surface area contributed by atoms with Gasteiger partial charge in [0.05, 0.1) is 20.8 Å². The maximum atomic E-state index is 12.6. The first-order valence-corrected chi connectivity index (χ1v) is 11.2. The van der Waals surface area contributed by atoms with Crippen LogP contribution in [0.15, 0.2) is 23.2 Å². The Hall–Kier alpha value is -1.91. The molecule has 1 saturated heterocycles. The van der Waals surface area contributed by atoms with Crippen LogP contribution in [0.1, 0.15) is 38.5 Å². The standard InChI is InChI=1S/C23H36N4O4.HI/c1-24-23(26-18-9-11-27(16-18)22(28)17-7-4-5-8-17)25-10-6-12-31-21-14-19(29-2)13-20(15-21)30-3;/h13-15,17-18H,4-12,16H2,1-3H3,(H2,24,25,26);1H. The van der Waals surface area contributed by atoms with Crippen molar-refractivity contribution < 1.29 is 19.0 Å². The Bertz CT molecular complexity index is 733. The van der Waals surface area contributed by atoms with Crippen LogP contribution < -0.4 is 24.8 Å². The molecule has 1 aromatic carbocycles. The fraction of sp³-hybridized carbons (Fsp3) is 0.652. The average molecular weight is 560 g/mol. The minimum atomic E-state index is 0. The molecule has 2 fully saturated rings. The van der Waals surface area contributed by atoms with Gasteiger partial charge in [-0.25, -0.2) is 0 Å². The van der Waals surface area contributed by atoms with E-state index in [1.54, 1.807) is 21.3 Å². The highest BCUT2D eigenvalue weighted by Crippen LogP contribution is 2.28. The summed E-state index contributed by atoms with van der Waals surface area (Å²) in [5, 5.41) is 6.78. The fourth-order valence-corrected chi connectivity index (χ4v) is 4.23. The molecule has 1 unspecified atom stereocenters. The van der Waals surface area contributed by atoms with Gasteiger partial charge in [0, 0.05) is 56.8 Å². The molecular weight excluding hydrogens is 523 g/mol. The summed E-state index contributed by atoms with van der Waals surface area (Å²) in [6, 6.07) is 5.75. The Morgan fingerprint density at radius 2 is 1.75 bits per heavy atom. The Morgan fingerprint density at radius 3 is 2.38 bits per heavy atom. The summed E-state index contributed by atoms with van der Waals surface area (Å²) in [5.41, 5.74) is 0. The van der Waals surface area contributed by atoms with Crippen molar-refractivity contribution in [1.29, 1.82) is 0 Å². The Kier molecular flexibility index (Phi) is 11.2. The van der Waals surface area contributed by atoms with Crippen molar-refractivity contribution in [3.63, 3.8) is 0 Å². The quantitative estimate of drug-likeness (QED) is 0.209. The van der Waals surface area contributed by atoms with Crippen molar-refractivity contribution in [3.05, 3.63) is 18.2 Å². The molecule has 1 aliphatic carbocycles. The van der Waals surface area contributed by atoms with Crippen LogP contribution >= 0.6 is 24.0 Å². The molecule has 2 aliphatic rings. The number of guanidine groups is 1. The topological polar surface area (TPSA) is 84.4 Å². The van der Waals surface area contributed by atoms with Gasteiger partial charge in [0.1, 0.15) is 17.2 Å². The third-order valence-corrected chi connectivity index (χ3v) is 5.98. The summed E-state index contributed by atoms with van der Waals surface area (Å²) in [5.74, 6) is 3.49. The summed E-state index contributed by atoms with van der Waals surface area (Å²) in [4.78, 5) is 19.0. The Morgan fingerprint density at radius 1 is 1.09 bits per heavy atom. The van der Waals surface area contributed by atoms with E-state index >= 15 is 0 Å². The van der Waals surface area contributed by atoms with Gasteiger partial charge in [-0.15, -0.1) is 24.0 Å². The van der Waals surface area contributed by atoms with E-state index in [2.05, 4.69) is 15.6 Å². The lowest BCUT2D eigenvalue weighted by molar-refractivity contribution is -0.134. The van der Waals surface area contributed by atoms with Gasteiger partial charge in [0.15, 0.2) is 5.96 Å². The van der Waals surface area contributed by atoms with Crippen LogP contribution in [0, 0.1) is 5.92 Å². The monoisotopic (exact) mass is 560 g/mol. The first-order valence-electron chi connectivity index (χ1n) is 11.2. The van der Waals surface area contributed by atoms with Crippen molar-refractivity contribution in [2.24, 2.45) is 10.9 Å². The highest BCUT2D eigenvalue weighted by molar-refractivity contribution is 14.0. The van der Waals surface area contributed by atoms with Crippen LogP contribution in [0.3, 0.4) is 0 Å². The number of carbonyl (C=O) groups is 1. The van der Waals surface area contributed by atoms with E-state index < -0.39 is 0 Å². The fourth-order valence-electron chi connectivity index (χ4n) is 4.23. The van der Waals surface area contributed by atoms with Crippen molar-refractivity contribution in [2.45, 2.75) is 44.6 Å². The van der Waals surface area contributed by atoms with Gasteiger partial charge in [-0.1, -0.05) is 12.8 Å². The number of likely N-dealkylation sites (tertiary alicyclic amines) is 1. The number of nitrogens with zero attached hydrogens (tertiary/aromatic N) is 2. The zero-order valence-corrected chi connectivity index (χ0v) is 21.7. The number of rotatable bonds is 9. The number of benzene rings is 1. The van der Waals surface area contributed by atoms with Gasteiger partial charge in [0.25, 0.3) is 0 Å². The second kappa shape index (κ2) is 13.6. The van der Waals surface area contributed by atoms with Gasteiger partial charge in [0.2, 0.25) is 5.91 Å². The van der Waals surface area contributed by atoms with Crippen molar-refractivity contribution in [3.8, 4) is 17.2 Å². The smallest absolute Gasteiger partial charge is 0.225 e. The minimum Gasteiger partial charge on any atom is -0.496 e. The number of hydrogen-bond donors (Lipinski definition) is 2. The number of halogens is 1. The predicted molar refractivity (Wildman–Crippen MR) is 137 cm³/mol. The molecule has 32 heavy (non-hydrogen) atoms. The second-order valence-corrected chi connectivity index (χ2v) is 8.14. The third-order valence-electron chi connectivity index (χ3n) is 5.98. The van der Waals surface area contributed by atoms with E-state index in [-0.39, 0.29) is 35.9 Å². The molecule has 0 spiro atoms. The van der Waals surface area contributed by atoms with Crippen molar-refractivity contribution in [2.75, 3.05) is 47.5 Å². The third kappa shape index (κ3) is 7.60. The highest BCUT2D eigenvalue weighted by Gasteiger charge is 2.32. The number of methoxy groups -OCH3 is 2. The van der Waals surface area contributed by atoms with Crippen LogP contribution in [0.5, 0.6) is 17.2 Å². The summed E-state index contributed by atoms with van der Waals surface area (Å²) >= 11 is 0. The molecule has 8 nitrogen and oxygen atoms in total. The summed E-state index contributed by atoms with van der Waals surface area (Å²) in [6.45, 7) is 2.89. The number of hydrogen-bond acceptors (Lipinski definition) is 5. The molecule has 1 aromatic rings. The zero-order valence-electron chi connectivity index (χ0n) is 19.4. The van der Waals surface area contributed by atoms with Gasteiger partial charge < -0.3 is 29.7 Å². The van der Waals surface area contributed by atoms with Crippen LogP contribution in [0.4, 0.5) is 0 Å². The summed E-state index contributed by atoms with van der Waals surface area (Å²) in [7, 11) is 5.01. The molecular formula is C23H37IN4O4. The van der Waals surface area contributed by atoms with E-state index in [9.17, 15) is 4.79 Å². The number of carbonyl (C=O) groups excluding carboxylic acids is 1. The molecule has 1 atom stereocenters. The van der Waals surface area contributed by atoms with E-state index in [0.29, 0.717) is 24.0 Å². The SMILES string of the molecule is CN=C(NCCCOc1cc(OC)cc(OC)c1)NC1CCN(C(=O)C2CCCC2)C1.I. The van der Waals surface area contributed by atoms with E-state index in [1.807, 2.05) is 23.1 Å². The molecule has 9 heteroatoms. The van der Waals surface area contributed by atoms with Crippen LogP contribution in [0.2, 0.25) is 0 Å². The van der Waals surface area contributed by atoms with Crippen LogP contribution in [0.25, 0.3) is 0 Å². The van der Waals surface area contributed by atoms with Crippen molar-refractivity contribution >= 4 is 35.8 Å². The Labute approximate surface area is 208 Å². The number of ether oxygens (including phenoxy) is 3. The lowest BCUT2D eigenvalue weighted by Gasteiger charge is -2.21. The minimum absolute atomic E-state index is 0. The second-order valence-electron chi connectivity index (χ2n) is 8.14. The molecule has 3 rings (SSSR count). The number of amides is 1. The maximum absolute atomic E-state index is 12.6. The predicted octanol–water partition coefficient (Wildman–Crippen LogP) is 3.05. The number of aliphatic imine (C=N–C) groups is 1. The van der Waals surface area contributed by atoms with Gasteiger partial charge in [-0.05, 0) is 25.7 Å². The van der Waals surface area contributed by atoms with Crippen molar-refractivity contribution in [1.82, 2.24) is 15.5 Å². The largest absolute Gasteiger partial charge is 0.496 e. The first kappa shape index (κ1) is 26.3. The molecule has 180 valence electrons. The van der Waals surface area contributed by atoms with E-state index in [0.717, 1.165) is 57.0 Å². The first-order chi connectivity index (χ1) is 15.1. The molecule has 1 heterocycles. The maximum Gasteiger partial charge on any atom is 0.225 e.